The number of ketones is 1. The van der Waals surface area contributed by atoms with E-state index in [1.165, 1.54) is 0 Å². The molecule has 1 aromatic rings. The van der Waals surface area contributed by atoms with Crippen LogP contribution in [0, 0.1) is 0 Å². The van der Waals surface area contributed by atoms with E-state index in [0.29, 0.717) is 11.3 Å². The monoisotopic (exact) mass is 290 g/mol. The van der Waals surface area contributed by atoms with Gasteiger partial charge in [0.05, 0.1) is 5.56 Å². The van der Waals surface area contributed by atoms with E-state index >= 15 is 0 Å². The minimum atomic E-state index is -0.512. The number of fused-ring (bicyclic) bond motifs is 1. The highest BCUT2D eigenvalue weighted by Crippen LogP contribution is 2.33. The Morgan fingerprint density at radius 2 is 2.17 bits per heavy atom. The molecule has 1 heterocycles. The third kappa shape index (κ3) is 1.19. The average Bonchev–Trinajstić information content (AvgIpc) is 2.28. The van der Waals surface area contributed by atoms with Crippen molar-refractivity contribution in [3.05, 3.63) is 28.2 Å². The number of alkyl halides is 1. The number of benzene rings is 1. The molecule has 0 radical (unpaired) electrons. The summed E-state index contributed by atoms with van der Waals surface area (Å²) in [4.78, 5) is 11.3. The van der Waals surface area contributed by atoms with E-state index in [1.807, 2.05) is 6.07 Å². The molecule has 0 fully saturated rings. The Morgan fingerprint density at radius 1 is 1.42 bits per heavy atom. The molecule has 0 bridgehead atoms. The van der Waals surface area contributed by atoms with Crippen LogP contribution in [0.5, 0.6) is 5.75 Å². The van der Waals surface area contributed by atoms with Gasteiger partial charge in [-0.15, -0.1) is 0 Å². The lowest BCUT2D eigenvalue weighted by atomic mass is 10.1. The molecule has 0 amide bonds. The van der Waals surface area contributed by atoms with E-state index in [9.17, 15) is 4.79 Å². The zero-order chi connectivity index (χ0) is 8.72. The van der Waals surface area contributed by atoms with Crippen LogP contribution in [0.3, 0.4) is 0 Å². The average molecular weight is 292 g/mol. The third-order valence-corrected chi connectivity index (χ3v) is 2.74. The van der Waals surface area contributed by atoms with E-state index in [-0.39, 0.29) is 5.78 Å². The predicted molar refractivity (Wildman–Crippen MR) is 51.8 cm³/mol. The molecule has 62 valence electrons. The summed E-state index contributed by atoms with van der Waals surface area (Å²) in [7, 11) is 0. The summed E-state index contributed by atoms with van der Waals surface area (Å²) in [5.74, 6) is 0.619. The van der Waals surface area contributed by atoms with Gasteiger partial charge in [0, 0.05) is 4.47 Å². The van der Waals surface area contributed by atoms with Gasteiger partial charge in [-0.1, -0.05) is 15.9 Å². The number of hydrogen-bond acceptors (Lipinski definition) is 2. The number of halogens is 2. The predicted octanol–water partition coefficient (Wildman–Crippen LogP) is 2.75. The van der Waals surface area contributed by atoms with Gasteiger partial charge < -0.3 is 4.74 Å². The fourth-order valence-corrected chi connectivity index (χ4v) is 1.87. The van der Waals surface area contributed by atoms with Crippen molar-refractivity contribution in [2.24, 2.45) is 0 Å². The Balaban J connectivity index is 2.54. The van der Waals surface area contributed by atoms with Crippen LogP contribution in [-0.4, -0.2) is 10.8 Å². The molecule has 0 N–H and O–H groups in total. The molecule has 1 aliphatic rings. The molecule has 0 aromatic heterocycles. The van der Waals surface area contributed by atoms with Crippen LogP contribution in [0.15, 0.2) is 22.7 Å². The normalized spacial score (nSPS) is 20.5. The minimum Gasteiger partial charge on any atom is -0.470 e. The fraction of sp³-hybridized carbons (Fsp3) is 0.125. The quantitative estimate of drug-likeness (QED) is 0.687. The molecule has 0 unspecified atom stereocenters. The summed E-state index contributed by atoms with van der Waals surface area (Å²) in [5, 5.41) is -0.512. The van der Waals surface area contributed by atoms with Gasteiger partial charge in [-0.3, -0.25) is 4.79 Å². The Hall–Kier alpha value is -0.350. The Morgan fingerprint density at radius 3 is 2.92 bits per heavy atom. The van der Waals surface area contributed by atoms with Crippen molar-refractivity contribution in [3.8, 4) is 5.75 Å². The van der Waals surface area contributed by atoms with Gasteiger partial charge in [-0.25, -0.2) is 0 Å². The number of Topliss-reactive ketones (excluding diaryl/α,β-unsaturated/α-hetero) is 1. The zero-order valence-electron chi connectivity index (χ0n) is 5.88. The van der Waals surface area contributed by atoms with Gasteiger partial charge in [0.15, 0.2) is 0 Å². The standard InChI is InChI=1S/C8H4Br2O2/c9-4-1-2-5-6(3-4)12-8(10)7(5)11/h1-3,8H/t8-/m0/s1. The SMILES string of the molecule is O=C1c2ccc(Br)cc2O[C@@H]1Br. The second-order valence-corrected chi connectivity index (χ2v) is 4.19. The van der Waals surface area contributed by atoms with Crippen LogP contribution in [0.25, 0.3) is 0 Å². The second-order valence-electron chi connectivity index (χ2n) is 2.44. The molecule has 1 aliphatic heterocycles. The molecule has 0 aliphatic carbocycles. The first kappa shape index (κ1) is 8.26. The van der Waals surface area contributed by atoms with Crippen LogP contribution in [0.2, 0.25) is 0 Å². The number of carbonyl (C=O) groups excluding carboxylic acids is 1. The summed E-state index contributed by atoms with van der Waals surface area (Å²) in [6.07, 6.45) is 0. The molecule has 1 aromatic carbocycles. The highest BCUT2D eigenvalue weighted by molar-refractivity contribution is 9.10. The van der Waals surface area contributed by atoms with E-state index in [1.54, 1.807) is 12.1 Å². The molecule has 12 heavy (non-hydrogen) atoms. The van der Waals surface area contributed by atoms with Crippen LogP contribution in [0.4, 0.5) is 0 Å². The Bertz CT molecular complexity index is 349. The van der Waals surface area contributed by atoms with Crippen molar-refractivity contribution < 1.29 is 9.53 Å². The first-order chi connectivity index (χ1) is 5.68. The molecule has 4 heteroatoms. The summed E-state index contributed by atoms with van der Waals surface area (Å²) in [6, 6.07) is 5.36. The van der Waals surface area contributed by atoms with Crippen molar-refractivity contribution in [1.82, 2.24) is 0 Å². The number of carbonyl (C=O) groups is 1. The first-order valence-corrected chi connectivity index (χ1v) is 5.04. The van der Waals surface area contributed by atoms with E-state index in [2.05, 4.69) is 31.9 Å². The topological polar surface area (TPSA) is 26.3 Å². The molecule has 2 rings (SSSR count). The lowest BCUT2D eigenvalue weighted by molar-refractivity contribution is 0.0942. The van der Waals surface area contributed by atoms with Crippen molar-refractivity contribution in [1.29, 1.82) is 0 Å². The highest BCUT2D eigenvalue weighted by atomic mass is 79.9. The molecule has 1 atom stereocenters. The van der Waals surface area contributed by atoms with E-state index in [4.69, 9.17) is 4.74 Å². The molecule has 2 nitrogen and oxygen atoms in total. The van der Waals surface area contributed by atoms with Gasteiger partial charge in [-0.2, -0.15) is 0 Å². The van der Waals surface area contributed by atoms with Gasteiger partial charge >= 0.3 is 0 Å². The number of hydrogen-bond donors (Lipinski definition) is 0. The molecule has 0 saturated carbocycles. The summed E-state index contributed by atoms with van der Waals surface area (Å²) >= 11 is 6.42. The van der Waals surface area contributed by atoms with Crippen molar-refractivity contribution >= 4 is 37.6 Å². The third-order valence-electron chi connectivity index (χ3n) is 1.65. The zero-order valence-corrected chi connectivity index (χ0v) is 9.05. The van der Waals surface area contributed by atoms with Crippen molar-refractivity contribution in [2.75, 3.05) is 0 Å². The fourth-order valence-electron chi connectivity index (χ4n) is 1.08. The molecule has 0 spiro atoms. The number of rotatable bonds is 0. The lowest BCUT2D eigenvalue weighted by Crippen LogP contribution is -2.10. The lowest BCUT2D eigenvalue weighted by Gasteiger charge is -1.98. The maximum absolute atomic E-state index is 11.3. The van der Waals surface area contributed by atoms with Crippen LogP contribution in [-0.2, 0) is 0 Å². The molecule has 0 saturated heterocycles. The van der Waals surface area contributed by atoms with Gasteiger partial charge in [-0.05, 0) is 34.1 Å². The van der Waals surface area contributed by atoms with Crippen LogP contribution in [0.1, 0.15) is 10.4 Å². The number of ether oxygens (including phenoxy) is 1. The van der Waals surface area contributed by atoms with Crippen LogP contribution >= 0.6 is 31.9 Å². The first-order valence-electron chi connectivity index (χ1n) is 3.33. The maximum Gasteiger partial charge on any atom is 0.218 e. The van der Waals surface area contributed by atoms with Gasteiger partial charge in [0.25, 0.3) is 0 Å². The minimum absolute atomic E-state index is 0.0162. The summed E-state index contributed by atoms with van der Waals surface area (Å²) in [5.41, 5.74) is 0.639. The smallest absolute Gasteiger partial charge is 0.218 e. The highest BCUT2D eigenvalue weighted by Gasteiger charge is 2.29. The molecular formula is C8H4Br2O2. The largest absolute Gasteiger partial charge is 0.470 e. The Kier molecular flexibility index (Phi) is 1.96. The summed E-state index contributed by atoms with van der Waals surface area (Å²) < 4.78 is 6.15. The molecular weight excluding hydrogens is 288 g/mol. The maximum atomic E-state index is 11.3. The second kappa shape index (κ2) is 2.85. The van der Waals surface area contributed by atoms with Crippen molar-refractivity contribution in [2.45, 2.75) is 5.01 Å². The van der Waals surface area contributed by atoms with E-state index in [0.717, 1.165) is 4.47 Å². The Labute approximate surface area is 86.2 Å². The summed E-state index contributed by atoms with van der Waals surface area (Å²) in [6.45, 7) is 0. The van der Waals surface area contributed by atoms with Gasteiger partial charge in [0.1, 0.15) is 5.75 Å². The van der Waals surface area contributed by atoms with Crippen molar-refractivity contribution in [3.63, 3.8) is 0 Å². The van der Waals surface area contributed by atoms with Crippen LogP contribution < -0.4 is 4.74 Å². The van der Waals surface area contributed by atoms with E-state index < -0.39 is 5.01 Å². The van der Waals surface area contributed by atoms with Gasteiger partial charge in [0.2, 0.25) is 10.8 Å².